The first-order valence-electron chi connectivity index (χ1n) is 10.9. The molecule has 3 aromatic carbocycles. The van der Waals surface area contributed by atoms with Gasteiger partial charge in [0.25, 0.3) is 0 Å². The van der Waals surface area contributed by atoms with Gasteiger partial charge in [0, 0.05) is 36.7 Å². The van der Waals surface area contributed by atoms with Crippen LogP contribution in [0.4, 0.5) is 0 Å². The van der Waals surface area contributed by atoms with Gasteiger partial charge < -0.3 is 23.9 Å². The number of fused-ring (bicyclic) bond motifs is 3. The number of hydrogen-bond acceptors (Lipinski definition) is 5. The molecule has 0 atom stereocenters. The molecule has 2 aliphatic rings. The van der Waals surface area contributed by atoms with Gasteiger partial charge in [0.1, 0.15) is 0 Å². The predicted octanol–water partition coefficient (Wildman–Crippen LogP) is 4.87. The quantitative estimate of drug-likeness (QED) is 0.455. The van der Waals surface area contributed by atoms with Crippen LogP contribution in [0.2, 0.25) is 0 Å². The van der Waals surface area contributed by atoms with E-state index in [0.717, 1.165) is 49.1 Å². The first-order valence-corrected chi connectivity index (χ1v) is 10.9. The molecule has 0 radical (unpaired) electrons. The Kier molecular flexibility index (Phi) is 4.85. The summed E-state index contributed by atoms with van der Waals surface area (Å²) in [5, 5.41) is 1.29. The van der Waals surface area contributed by atoms with E-state index in [2.05, 4.69) is 64.6 Å². The molecule has 4 aromatic rings. The van der Waals surface area contributed by atoms with Crippen molar-refractivity contribution in [3.63, 3.8) is 0 Å². The van der Waals surface area contributed by atoms with Crippen LogP contribution in [-0.4, -0.2) is 30.0 Å². The van der Waals surface area contributed by atoms with Crippen molar-refractivity contribution in [3.8, 4) is 23.0 Å². The van der Waals surface area contributed by atoms with Gasteiger partial charge in [-0.25, -0.2) is 0 Å². The third-order valence-corrected chi connectivity index (χ3v) is 6.06. The van der Waals surface area contributed by atoms with Crippen molar-refractivity contribution >= 4 is 10.9 Å². The molecule has 1 aromatic heterocycles. The van der Waals surface area contributed by atoms with Gasteiger partial charge in [-0.2, -0.15) is 0 Å². The first kappa shape index (κ1) is 19.1. The van der Waals surface area contributed by atoms with E-state index in [1.165, 1.54) is 27.6 Å². The van der Waals surface area contributed by atoms with E-state index >= 15 is 0 Å². The van der Waals surface area contributed by atoms with E-state index in [1.54, 1.807) is 0 Å². The third-order valence-electron chi connectivity index (χ3n) is 6.06. The Morgan fingerprint density at radius 2 is 1.34 bits per heavy atom. The number of hydrogen-bond donors (Lipinski definition) is 1. The van der Waals surface area contributed by atoms with Crippen LogP contribution in [0.25, 0.3) is 10.9 Å². The lowest BCUT2D eigenvalue weighted by atomic mass is 10.1. The molecule has 1 N–H and O–H groups in total. The summed E-state index contributed by atoms with van der Waals surface area (Å²) in [6, 6.07) is 20.9. The lowest BCUT2D eigenvalue weighted by Gasteiger charge is -2.23. The summed E-state index contributed by atoms with van der Waals surface area (Å²) in [4.78, 5) is 5.84. The molecular weight excluding hydrogens is 404 g/mol. The molecule has 6 rings (SSSR count). The maximum Gasteiger partial charge on any atom is 0.231 e. The molecule has 6 nitrogen and oxygen atoms in total. The van der Waals surface area contributed by atoms with Gasteiger partial charge in [0.2, 0.25) is 13.6 Å². The number of ether oxygens (including phenoxy) is 4. The summed E-state index contributed by atoms with van der Waals surface area (Å²) in [7, 11) is 0. The summed E-state index contributed by atoms with van der Waals surface area (Å²) in [6.45, 7) is 3.13. The molecule has 0 amide bonds. The van der Waals surface area contributed by atoms with Crippen molar-refractivity contribution in [2.24, 2.45) is 0 Å². The summed E-state index contributed by atoms with van der Waals surface area (Å²) < 4.78 is 22.1. The minimum Gasteiger partial charge on any atom is -0.454 e. The van der Waals surface area contributed by atoms with Crippen molar-refractivity contribution in [2.45, 2.75) is 19.5 Å². The summed E-state index contributed by atoms with van der Waals surface area (Å²) in [6.07, 6.45) is 3.09. The zero-order valence-electron chi connectivity index (χ0n) is 17.7. The monoisotopic (exact) mass is 428 g/mol. The maximum atomic E-state index is 5.58. The van der Waals surface area contributed by atoms with Crippen LogP contribution in [-0.2, 0) is 19.5 Å². The molecule has 3 heterocycles. The number of H-pyrrole nitrogens is 1. The Bertz CT molecular complexity index is 1210. The van der Waals surface area contributed by atoms with Crippen molar-refractivity contribution in [2.75, 3.05) is 20.1 Å². The molecule has 32 heavy (non-hydrogen) atoms. The zero-order valence-corrected chi connectivity index (χ0v) is 17.7. The van der Waals surface area contributed by atoms with Gasteiger partial charge in [0.05, 0.1) is 0 Å². The van der Waals surface area contributed by atoms with Crippen molar-refractivity contribution < 1.29 is 18.9 Å². The largest absolute Gasteiger partial charge is 0.454 e. The average molecular weight is 428 g/mol. The van der Waals surface area contributed by atoms with E-state index in [-0.39, 0.29) is 0 Å². The van der Waals surface area contributed by atoms with Crippen molar-refractivity contribution in [1.29, 1.82) is 0 Å². The average Bonchev–Trinajstić information content (AvgIpc) is 3.56. The van der Waals surface area contributed by atoms with E-state index < -0.39 is 0 Å². The fraction of sp³-hybridized carbons (Fsp3) is 0.231. The van der Waals surface area contributed by atoms with Gasteiger partial charge in [-0.3, -0.25) is 4.90 Å². The maximum absolute atomic E-state index is 5.58. The van der Waals surface area contributed by atoms with E-state index in [0.29, 0.717) is 13.6 Å². The van der Waals surface area contributed by atoms with E-state index in [4.69, 9.17) is 18.9 Å². The summed E-state index contributed by atoms with van der Waals surface area (Å²) in [5.41, 5.74) is 4.92. The number of nitrogens with one attached hydrogen (secondary N) is 1. The van der Waals surface area contributed by atoms with Crippen LogP contribution < -0.4 is 18.9 Å². The Balaban J connectivity index is 1.23. The molecule has 0 aliphatic carbocycles. The zero-order chi connectivity index (χ0) is 21.3. The number of aromatic amines is 1. The molecule has 0 fully saturated rings. The normalized spacial score (nSPS) is 13.9. The highest BCUT2D eigenvalue weighted by molar-refractivity contribution is 5.83. The molecule has 0 saturated heterocycles. The second-order valence-corrected chi connectivity index (χ2v) is 8.20. The SMILES string of the molecule is c1ccc2c(CCN(Cc3ccc4c(c3)OCO4)Cc3ccc4c(c3)OCO4)c[nH]c2c1. The van der Waals surface area contributed by atoms with Gasteiger partial charge in [0.15, 0.2) is 23.0 Å². The van der Waals surface area contributed by atoms with Gasteiger partial charge in [-0.15, -0.1) is 0 Å². The molecular formula is C26H24N2O4. The number of rotatable bonds is 7. The molecule has 162 valence electrons. The van der Waals surface area contributed by atoms with Gasteiger partial charge in [-0.1, -0.05) is 30.3 Å². The number of aromatic nitrogens is 1. The summed E-state index contributed by atoms with van der Waals surface area (Å²) in [5.74, 6) is 3.27. The Labute approximate surface area is 186 Å². The smallest absolute Gasteiger partial charge is 0.231 e. The third kappa shape index (κ3) is 3.74. The fourth-order valence-corrected chi connectivity index (χ4v) is 4.43. The molecule has 0 spiro atoms. The Morgan fingerprint density at radius 3 is 2.03 bits per heavy atom. The lowest BCUT2D eigenvalue weighted by Crippen LogP contribution is -2.25. The number of nitrogens with zero attached hydrogens (tertiary/aromatic N) is 1. The highest BCUT2D eigenvalue weighted by Gasteiger charge is 2.17. The molecule has 0 saturated carbocycles. The highest BCUT2D eigenvalue weighted by atomic mass is 16.7. The van der Waals surface area contributed by atoms with Gasteiger partial charge >= 0.3 is 0 Å². The minimum absolute atomic E-state index is 0.292. The van der Waals surface area contributed by atoms with Crippen LogP contribution >= 0.6 is 0 Å². The van der Waals surface area contributed by atoms with Crippen molar-refractivity contribution in [3.05, 3.63) is 83.6 Å². The molecule has 6 heteroatoms. The van der Waals surface area contributed by atoms with Gasteiger partial charge in [-0.05, 0) is 53.4 Å². The highest BCUT2D eigenvalue weighted by Crippen LogP contribution is 2.34. The van der Waals surface area contributed by atoms with Crippen LogP contribution in [0, 0.1) is 0 Å². The second kappa shape index (κ2) is 8.13. The van der Waals surface area contributed by atoms with E-state index in [9.17, 15) is 0 Å². The molecule has 0 bridgehead atoms. The number of para-hydroxylation sites is 1. The molecule has 2 aliphatic heterocycles. The predicted molar refractivity (Wildman–Crippen MR) is 121 cm³/mol. The Morgan fingerprint density at radius 1 is 0.719 bits per heavy atom. The van der Waals surface area contributed by atoms with Crippen LogP contribution in [0.3, 0.4) is 0 Å². The van der Waals surface area contributed by atoms with Crippen molar-refractivity contribution in [1.82, 2.24) is 9.88 Å². The number of benzene rings is 3. The molecule has 0 unspecified atom stereocenters. The summed E-state index contributed by atoms with van der Waals surface area (Å²) >= 11 is 0. The lowest BCUT2D eigenvalue weighted by molar-refractivity contribution is 0.173. The first-order chi connectivity index (χ1) is 15.8. The van der Waals surface area contributed by atoms with Crippen LogP contribution in [0.5, 0.6) is 23.0 Å². The Hall–Kier alpha value is -3.64. The standard InChI is InChI=1S/C26H24N2O4/c1-2-4-22-21(3-1)20(13-27-22)9-10-28(14-18-5-7-23-25(11-18)31-16-29-23)15-19-6-8-24-26(12-19)32-17-30-24/h1-8,11-13,27H,9-10,14-17H2. The van der Waals surface area contributed by atoms with E-state index in [1.807, 2.05) is 12.1 Å². The second-order valence-electron chi connectivity index (χ2n) is 8.20. The topological polar surface area (TPSA) is 56.0 Å². The minimum atomic E-state index is 0.292. The van der Waals surface area contributed by atoms with Crippen LogP contribution in [0.1, 0.15) is 16.7 Å². The van der Waals surface area contributed by atoms with Crippen LogP contribution in [0.15, 0.2) is 66.9 Å². The fourth-order valence-electron chi connectivity index (χ4n) is 4.43.